The van der Waals surface area contributed by atoms with E-state index in [2.05, 4.69) is 10.3 Å². The van der Waals surface area contributed by atoms with Crippen molar-refractivity contribution in [2.75, 3.05) is 16.5 Å². The average molecular weight is 569 g/mol. The lowest BCUT2D eigenvalue weighted by molar-refractivity contribution is 0.0977. The smallest absolute Gasteiger partial charge is 0.285 e. The number of nitrogens with zero attached hydrogens (tertiary/aromatic N) is 4. The third-order valence-electron chi connectivity index (χ3n) is 6.69. The van der Waals surface area contributed by atoms with Crippen LogP contribution in [0, 0.1) is 18.6 Å². The third kappa shape index (κ3) is 5.24. The van der Waals surface area contributed by atoms with Gasteiger partial charge in [0.1, 0.15) is 11.6 Å². The summed E-state index contributed by atoms with van der Waals surface area (Å²) >= 11 is 0. The van der Waals surface area contributed by atoms with Gasteiger partial charge in [0.05, 0.1) is 28.9 Å². The number of hydrogen-bond donors (Lipinski definition) is 2. The zero-order valence-electron chi connectivity index (χ0n) is 22.1. The Balaban J connectivity index is 1.56. The summed E-state index contributed by atoms with van der Waals surface area (Å²) in [5, 5.41) is 3.16. The van der Waals surface area contributed by atoms with Crippen LogP contribution in [0.2, 0.25) is 0 Å². The fourth-order valence-corrected chi connectivity index (χ4v) is 5.28. The van der Waals surface area contributed by atoms with Crippen molar-refractivity contribution in [3.05, 3.63) is 92.5 Å². The molecule has 3 heterocycles. The van der Waals surface area contributed by atoms with E-state index in [0.717, 1.165) is 23.4 Å². The summed E-state index contributed by atoms with van der Waals surface area (Å²) in [6, 6.07) is 9.42. The summed E-state index contributed by atoms with van der Waals surface area (Å²) < 4.78 is 55.1. The van der Waals surface area contributed by atoms with Crippen LogP contribution in [0.4, 0.5) is 20.4 Å². The minimum absolute atomic E-state index is 0.0646. The highest BCUT2D eigenvalue weighted by Crippen LogP contribution is 2.31. The minimum atomic E-state index is -3.85. The maximum atomic E-state index is 14.8. The Morgan fingerprint density at radius 1 is 1.02 bits per heavy atom. The van der Waals surface area contributed by atoms with E-state index in [4.69, 9.17) is 4.98 Å². The molecule has 0 fully saturated rings. The van der Waals surface area contributed by atoms with E-state index in [1.807, 2.05) is 9.62 Å². The van der Waals surface area contributed by atoms with Gasteiger partial charge in [-0.05, 0) is 61.4 Å². The molecule has 0 radical (unpaired) electrons. The summed E-state index contributed by atoms with van der Waals surface area (Å²) in [6.45, 7) is 4.10. The molecule has 0 bridgehead atoms. The first-order valence-corrected chi connectivity index (χ1v) is 14.2. The van der Waals surface area contributed by atoms with Gasteiger partial charge in [-0.2, -0.15) is 0 Å². The van der Waals surface area contributed by atoms with E-state index in [1.165, 1.54) is 22.8 Å². The second-order valence-electron chi connectivity index (χ2n) is 9.85. The van der Waals surface area contributed by atoms with Crippen molar-refractivity contribution in [2.45, 2.75) is 33.0 Å². The lowest BCUT2D eigenvalue weighted by Crippen LogP contribution is -2.31. The molecule has 0 saturated carbocycles. The normalized spacial score (nSPS) is 13.8. The van der Waals surface area contributed by atoms with E-state index in [1.54, 1.807) is 39.1 Å². The Kier molecular flexibility index (Phi) is 6.78. The molecule has 2 aromatic carbocycles. The van der Waals surface area contributed by atoms with E-state index < -0.39 is 33.3 Å². The fraction of sp³-hybridized carbons (Fsp3) is 0.259. The van der Waals surface area contributed by atoms with Crippen LogP contribution in [0.15, 0.2) is 47.3 Å². The van der Waals surface area contributed by atoms with Gasteiger partial charge >= 0.3 is 0 Å². The molecule has 10 nitrogen and oxygen atoms in total. The highest BCUT2D eigenvalue weighted by Gasteiger charge is 2.26. The van der Waals surface area contributed by atoms with Crippen LogP contribution in [0.1, 0.15) is 45.8 Å². The maximum absolute atomic E-state index is 14.8. The van der Waals surface area contributed by atoms with Crippen molar-refractivity contribution in [3.8, 4) is 0 Å². The number of amides is 1. The Morgan fingerprint density at radius 2 is 1.75 bits per heavy atom. The molecule has 1 amide bonds. The number of pyridine rings is 1. The van der Waals surface area contributed by atoms with Gasteiger partial charge < -0.3 is 10.2 Å². The van der Waals surface area contributed by atoms with Gasteiger partial charge in [-0.3, -0.25) is 14.2 Å². The summed E-state index contributed by atoms with van der Waals surface area (Å²) in [4.78, 5) is 36.8. The number of nitrogens with one attached hydrogen (secondary N) is 2. The first kappa shape index (κ1) is 27.2. The molecule has 13 heteroatoms. The van der Waals surface area contributed by atoms with Crippen LogP contribution in [0.5, 0.6) is 0 Å². The van der Waals surface area contributed by atoms with Crippen LogP contribution in [-0.2, 0) is 30.2 Å². The van der Waals surface area contributed by atoms with Crippen LogP contribution >= 0.6 is 0 Å². The highest BCUT2D eigenvalue weighted by atomic mass is 32.2. The van der Waals surface area contributed by atoms with Crippen molar-refractivity contribution < 1.29 is 22.0 Å². The molecular weight excluding hydrogens is 542 g/mol. The molecule has 1 atom stereocenters. The van der Waals surface area contributed by atoms with Gasteiger partial charge in [0, 0.05) is 31.4 Å². The molecular formula is C27H26F2N6O4S. The molecule has 2 aromatic heterocycles. The number of carbonyl (C=O) groups excluding carboxylic acids is 1. The molecule has 208 valence electrons. The van der Waals surface area contributed by atoms with E-state index in [-0.39, 0.29) is 28.1 Å². The number of anilines is 2. The number of carbonyl (C=O) groups is 1. The molecule has 0 saturated heterocycles. The van der Waals surface area contributed by atoms with Gasteiger partial charge in [0.15, 0.2) is 5.69 Å². The quantitative estimate of drug-likeness (QED) is 0.363. The summed E-state index contributed by atoms with van der Waals surface area (Å²) in [5.41, 5.74) is 2.36. The van der Waals surface area contributed by atoms with E-state index in [0.29, 0.717) is 30.3 Å². The first-order chi connectivity index (χ1) is 18.8. The van der Waals surface area contributed by atoms with Gasteiger partial charge in [0.25, 0.3) is 11.5 Å². The lowest BCUT2D eigenvalue weighted by atomic mass is 10.0. The highest BCUT2D eigenvalue weighted by molar-refractivity contribution is 7.89. The van der Waals surface area contributed by atoms with Gasteiger partial charge in [0.2, 0.25) is 16.0 Å². The zero-order chi connectivity index (χ0) is 28.9. The van der Waals surface area contributed by atoms with E-state index in [9.17, 15) is 26.8 Å². The van der Waals surface area contributed by atoms with Crippen molar-refractivity contribution >= 4 is 38.5 Å². The molecule has 0 unspecified atom stereocenters. The van der Waals surface area contributed by atoms with Gasteiger partial charge in [-0.25, -0.2) is 31.9 Å². The van der Waals surface area contributed by atoms with Crippen LogP contribution in [-0.4, -0.2) is 35.1 Å². The second kappa shape index (κ2) is 9.97. The minimum Gasteiger partial charge on any atom is -0.377 e. The van der Waals surface area contributed by atoms with Crippen molar-refractivity contribution in [1.82, 2.24) is 19.3 Å². The van der Waals surface area contributed by atoms with E-state index >= 15 is 0 Å². The zero-order valence-corrected chi connectivity index (χ0v) is 22.9. The standard InChI is InChI=1S/C27H26F2N6O4S/c1-14-5-8-22(24(30-14)25(36)33-40(4,38)39)31-15(2)20-10-19(29)11-21-23(20)32-27(34(3)26(21)37)35-12-16-6-7-18(28)9-17(16)13-35/h5-11,15,31H,12-13H2,1-4H3,(H,33,36)/t15-/m1/s1. The number of aromatic nitrogens is 3. The Morgan fingerprint density at radius 3 is 2.48 bits per heavy atom. The maximum Gasteiger partial charge on any atom is 0.285 e. The Hall–Kier alpha value is -4.39. The summed E-state index contributed by atoms with van der Waals surface area (Å²) in [7, 11) is -2.30. The largest absolute Gasteiger partial charge is 0.377 e. The van der Waals surface area contributed by atoms with Crippen LogP contribution < -0.4 is 20.5 Å². The number of benzene rings is 2. The second-order valence-corrected chi connectivity index (χ2v) is 11.6. The summed E-state index contributed by atoms with van der Waals surface area (Å²) in [5.74, 6) is -1.60. The predicted octanol–water partition coefficient (Wildman–Crippen LogP) is 3.30. The number of halogens is 2. The summed E-state index contributed by atoms with van der Waals surface area (Å²) in [6.07, 6.45) is 0.856. The SMILES string of the molecule is Cc1ccc(N[C@H](C)c2cc(F)cc3c(=O)n(C)c(N4Cc5ccc(F)cc5C4)nc23)c(C(=O)NS(C)(=O)=O)n1. The third-order valence-corrected chi connectivity index (χ3v) is 7.25. The molecule has 40 heavy (non-hydrogen) atoms. The molecule has 0 spiro atoms. The number of fused-ring (bicyclic) bond motifs is 2. The Bertz CT molecular complexity index is 1860. The fourth-order valence-electron chi connectivity index (χ4n) is 4.85. The molecule has 4 aromatic rings. The van der Waals surface area contributed by atoms with Gasteiger partial charge in [-0.15, -0.1) is 0 Å². The molecule has 1 aliphatic rings. The monoisotopic (exact) mass is 568 g/mol. The van der Waals surface area contributed by atoms with Crippen molar-refractivity contribution in [1.29, 1.82) is 0 Å². The number of hydrogen-bond acceptors (Lipinski definition) is 8. The lowest BCUT2D eigenvalue weighted by Gasteiger charge is -2.23. The van der Waals surface area contributed by atoms with Gasteiger partial charge in [-0.1, -0.05) is 6.07 Å². The molecule has 5 rings (SSSR count). The topological polar surface area (TPSA) is 126 Å². The first-order valence-electron chi connectivity index (χ1n) is 12.3. The molecule has 2 N–H and O–H groups in total. The van der Waals surface area contributed by atoms with Crippen LogP contribution in [0.3, 0.4) is 0 Å². The average Bonchev–Trinajstić information content (AvgIpc) is 3.28. The number of sulfonamides is 1. The van der Waals surface area contributed by atoms with Crippen molar-refractivity contribution in [2.24, 2.45) is 7.05 Å². The molecule has 1 aliphatic heterocycles. The number of aryl methyl sites for hydroxylation is 1. The number of rotatable bonds is 6. The Labute approximate surface area is 228 Å². The molecule has 0 aliphatic carbocycles. The van der Waals surface area contributed by atoms with Crippen LogP contribution in [0.25, 0.3) is 10.9 Å². The van der Waals surface area contributed by atoms with Crippen molar-refractivity contribution in [3.63, 3.8) is 0 Å². The predicted molar refractivity (Wildman–Crippen MR) is 147 cm³/mol.